The summed E-state index contributed by atoms with van der Waals surface area (Å²) in [5.41, 5.74) is -1.22. The van der Waals surface area contributed by atoms with Gasteiger partial charge in [-0.3, -0.25) is 4.18 Å². The fourth-order valence-corrected chi connectivity index (χ4v) is 1.82. The first-order valence-corrected chi connectivity index (χ1v) is 4.66. The second-order valence-electron chi connectivity index (χ2n) is 2.10. The molecule has 6 nitrogen and oxygen atoms in total. The highest BCUT2D eigenvalue weighted by Gasteiger charge is 2.36. The van der Waals surface area contributed by atoms with Gasteiger partial charge in [0.15, 0.2) is 0 Å². The van der Waals surface area contributed by atoms with Crippen molar-refractivity contribution >= 4 is 16.3 Å². The van der Waals surface area contributed by atoms with Gasteiger partial charge in [-0.25, -0.2) is 4.79 Å². The normalized spacial score (nSPS) is 26.6. The molecule has 0 saturated carbocycles. The first-order valence-electron chi connectivity index (χ1n) is 3.19. The van der Waals surface area contributed by atoms with Crippen LogP contribution in [0.4, 0.5) is 4.79 Å². The second-order valence-corrected chi connectivity index (χ2v) is 3.85. The van der Waals surface area contributed by atoms with E-state index < -0.39 is 21.7 Å². The van der Waals surface area contributed by atoms with Gasteiger partial charge in [-0.05, 0) is 0 Å². The molecule has 0 aromatic heterocycles. The van der Waals surface area contributed by atoms with Crippen LogP contribution < -0.4 is 0 Å². The van der Waals surface area contributed by atoms with E-state index in [-0.39, 0.29) is 13.0 Å². The highest BCUT2D eigenvalue weighted by Crippen LogP contribution is 2.18. The predicted octanol–water partition coefficient (Wildman–Crippen LogP) is -0.154. The van der Waals surface area contributed by atoms with Crippen molar-refractivity contribution in [2.24, 2.45) is 0 Å². The number of ether oxygens (including phenoxy) is 2. The molecule has 0 aromatic carbocycles. The largest absolute Gasteiger partial charge is 0.509 e. The molecule has 12 heavy (non-hydrogen) atoms. The molecule has 0 N–H and O–H groups in total. The van der Waals surface area contributed by atoms with Crippen LogP contribution in [0, 0.1) is 0 Å². The zero-order chi connectivity index (χ0) is 9.19. The number of rotatable bonds is 1. The second kappa shape index (κ2) is 3.28. The van der Waals surface area contributed by atoms with Crippen LogP contribution in [0.3, 0.4) is 0 Å². The number of carbonyl (C=O) groups excluding carboxylic acids is 1. The first kappa shape index (κ1) is 9.27. The summed E-state index contributed by atoms with van der Waals surface area (Å²) in [6.07, 6.45) is -0.869. The zero-order valence-corrected chi connectivity index (χ0v) is 7.17. The third-order valence-electron chi connectivity index (χ3n) is 1.32. The van der Waals surface area contributed by atoms with Gasteiger partial charge in [0.1, 0.15) is 0 Å². The molecule has 1 aliphatic rings. The van der Waals surface area contributed by atoms with E-state index >= 15 is 0 Å². The molecule has 70 valence electrons. The maximum Gasteiger partial charge on any atom is 0.509 e. The van der Waals surface area contributed by atoms with Crippen LogP contribution in [0.5, 0.6) is 0 Å². The molecule has 0 spiro atoms. The van der Waals surface area contributed by atoms with E-state index in [4.69, 9.17) is 0 Å². The Bertz CT molecular complexity index is 268. The van der Waals surface area contributed by atoms with Crippen molar-refractivity contribution in [1.29, 1.82) is 0 Å². The Morgan fingerprint density at radius 3 is 2.67 bits per heavy atom. The van der Waals surface area contributed by atoms with Crippen molar-refractivity contribution in [2.45, 2.75) is 11.9 Å². The summed E-state index contributed by atoms with van der Waals surface area (Å²) >= 11 is 0. The molecule has 7 heteroatoms. The SMILES string of the molecule is COC(=O)OC1CCOS1(=O)=O. The summed E-state index contributed by atoms with van der Waals surface area (Å²) in [5, 5.41) is 0. The Hall–Kier alpha value is -0.820. The molecular weight excluding hydrogens is 188 g/mol. The maximum atomic E-state index is 10.9. The third kappa shape index (κ3) is 1.86. The van der Waals surface area contributed by atoms with E-state index in [1.165, 1.54) is 0 Å². The van der Waals surface area contributed by atoms with Crippen molar-refractivity contribution in [3.05, 3.63) is 0 Å². The third-order valence-corrected chi connectivity index (χ3v) is 2.79. The van der Waals surface area contributed by atoms with Crippen molar-refractivity contribution in [2.75, 3.05) is 13.7 Å². The molecule has 1 fully saturated rings. The van der Waals surface area contributed by atoms with Gasteiger partial charge in [-0.15, -0.1) is 0 Å². The maximum absolute atomic E-state index is 10.9. The van der Waals surface area contributed by atoms with Gasteiger partial charge in [0.25, 0.3) is 0 Å². The van der Waals surface area contributed by atoms with Crippen molar-refractivity contribution in [3.8, 4) is 0 Å². The molecule has 0 amide bonds. The fourth-order valence-electron chi connectivity index (χ4n) is 0.754. The van der Waals surface area contributed by atoms with E-state index in [1.807, 2.05) is 0 Å². The Balaban J connectivity index is 2.59. The summed E-state index contributed by atoms with van der Waals surface area (Å²) < 4.78 is 34.6. The summed E-state index contributed by atoms with van der Waals surface area (Å²) in [6, 6.07) is 0. The van der Waals surface area contributed by atoms with E-state index in [0.29, 0.717) is 0 Å². The number of methoxy groups -OCH3 is 1. The summed E-state index contributed by atoms with van der Waals surface area (Å²) in [6.45, 7) is 0.0456. The molecule has 1 saturated heterocycles. The molecule has 0 aliphatic carbocycles. The zero-order valence-electron chi connectivity index (χ0n) is 6.35. The van der Waals surface area contributed by atoms with Crippen LogP contribution in [0.2, 0.25) is 0 Å². The molecule has 1 rings (SSSR count). The lowest BCUT2D eigenvalue weighted by atomic mass is 10.5. The van der Waals surface area contributed by atoms with Crippen LogP contribution in [-0.2, 0) is 23.8 Å². The van der Waals surface area contributed by atoms with Crippen LogP contribution in [0.15, 0.2) is 0 Å². The molecule has 1 aliphatic heterocycles. The summed E-state index contributed by atoms with van der Waals surface area (Å²) in [4.78, 5) is 10.5. The molecule has 0 bridgehead atoms. The standard InChI is InChI=1S/C5H8O6S/c1-9-5(6)11-4-2-3-10-12(4,7)8/h4H,2-3H2,1H3. The van der Waals surface area contributed by atoms with Crippen molar-refractivity contribution in [3.63, 3.8) is 0 Å². The van der Waals surface area contributed by atoms with E-state index in [1.54, 1.807) is 0 Å². The van der Waals surface area contributed by atoms with E-state index in [2.05, 4.69) is 13.7 Å². The average Bonchev–Trinajstić information content (AvgIpc) is 2.31. The molecule has 0 aromatic rings. The molecule has 1 unspecified atom stereocenters. The number of carbonyl (C=O) groups is 1. The van der Waals surface area contributed by atoms with E-state index in [0.717, 1.165) is 7.11 Å². The smallest absolute Gasteiger partial charge is 0.438 e. The van der Waals surface area contributed by atoms with Gasteiger partial charge in [0.05, 0.1) is 13.7 Å². The highest BCUT2D eigenvalue weighted by molar-refractivity contribution is 7.87. The average molecular weight is 196 g/mol. The number of hydrogen-bond acceptors (Lipinski definition) is 6. The molecule has 1 atom stereocenters. The van der Waals surface area contributed by atoms with Crippen LogP contribution >= 0.6 is 0 Å². The van der Waals surface area contributed by atoms with Gasteiger partial charge < -0.3 is 9.47 Å². The van der Waals surface area contributed by atoms with E-state index in [9.17, 15) is 13.2 Å². The minimum Gasteiger partial charge on any atom is -0.438 e. The predicted molar refractivity (Wildman–Crippen MR) is 36.8 cm³/mol. The lowest BCUT2D eigenvalue weighted by Crippen LogP contribution is -2.22. The lowest BCUT2D eigenvalue weighted by molar-refractivity contribution is 0.0619. The Morgan fingerprint density at radius 1 is 1.58 bits per heavy atom. The van der Waals surface area contributed by atoms with Crippen LogP contribution in [-0.4, -0.2) is 33.7 Å². The van der Waals surface area contributed by atoms with Gasteiger partial charge >= 0.3 is 16.3 Å². The lowest BCUT2D eigenvalue weighted by Gasteiger charge is -2.06. The monoisotopic (exact) mass is 196 g/mol. The van der Waals surface area contributed by atoms with Crippen LogP contribution in [0.25, 0.3) is 0 Å². The number of hydrogen-bond donors (Lipinski definition) is 0. The van der Waals surface area contributed by atoms with Crippen molar-refractivity contribution < 1.29 is 26.9 Å². The Morgan fingerprint density at radius 2 is 2.25 bits per heavy atom. The first-order chi connectivity index (χ1) is 5.56. The Kier molecular flexibility index (Phi) is 2.53. The summed E-state index contributed by atoms with van der Waals surface area (Å²) in [5.74, 6) is 0. The fraction of sp³-hybridized carbons (Fsp3) is 0.800. The minimum atomic E-state index is -3.72. The van der Waals surface area contributed by atoms with Crippen LogP contribution in [0.1, 0.15) is 6.42 Å². The highest BCUT2D eigenvalue weighted by atomic mass is 32.2. The van der Waals surface area contributed by atoms with Gasteiger partial charge in [-0.1, -0.05) is 0 Å². The van der Waals surface area contributed by atoms with Gasteiger partial charge in [0, 0.05) is 6.42 Å². The molecular formula is C5H8O6S. The summed E-state index contributed by atoms with van der Waals surface area (Å²) in [7, 11) is -2.61. The molecule has 1 heterocycles. The van der Waals surface area contributed by atoms with Gasteiger partial charge in [-0.2, -0.15) is 8.42 Å². The van der Waals surface area contributed by atoms with Crippen molar-refractivity contribution in [1.82, 2.24) is 0 Å². The van der Waals surface area contributed by atoms with Gasteiger partial charge in [0.2, 0.25) is 5.44 Å². The molecule has 0 radical (unpaired) electrons. The minimum absolute atomic E-state index is 0.0456. The Labute approximate surface area is 69.5 Å². The quantitative estimate of drug-likeness (QED) is 0.428. The topological polar surface area (TPSA) is 78.9 Å².